The van der Waals surface area contributed by atoms with Crippen molar-refractivity contribution in [3.05, 3.63) is 163 Å². The largest absolute Gasteiger partial charge is 0.508 e. The summed E-state index contributed by atoms with van der Waals surface area (Å²) in [4.78, 5) is 41.8. The van der Waals surface area contributed by atoms with E-state index in [0.717, 1.165) is 54.6 Å². The molecule has 0 saturated carbocycles. The van der Waals surface area contributed by atoms with Gasteiger partial charge in [0, 0.05) is 107 Å². The van der Waals surface area contributed by atoms with E-state index in [0.29, 0.717) is 24.3 Å². The van der Waals surface area contributed by atoms with Crippen LogP contribution in [0.5, 0.6) is 138 Å². The van der Waals surface area contributed by atoms with Crippen LogP contribution in [0, 0.1) is 5.92 Å². The summed E-state index contributed by atoms with van der Waals surface area (Å²) in [6.07, 6.45) is -13.9. The van der Waals surface area contributed by atoms with Gasteiger partial charge >= 0.3 is 17.9 Å². The fraction of sp³-hybridized carbons (Fsp3) is 0.191. The van der Waals surface area contributed by atoms with Crippen LogP contribution in [0.4, 0.5) is 0 Å². The topological polar surface area (TPSA) is 592 Å². The fourth-order valence-corrected chi connectivity index (χ4v) is 12.5. The number of aliphatic hydroxyl groups is 3. The van der Waals surface area contributed by atoms with Crippen molar-refractivity contribution >= 4 is 17.9 Å². The molecule has 4 aliphatic rings. The second-order valence-corrected chi connectivity index (χ2v) is 23.9. The van der Waals surface area contributed by atoms with E-state index < -0.39 is 299 Å². The standard InChI is InChI=1S/C68H56O33/c69-33-18-34(70)28-15-49(97-66(93)23-7-42(78)58(90)43(79)8-23)62(21-3-38(74)56(88)39(75)4-21)100-64(28)27(33)14-30-53(85)31(65-32(54(30)86)17-51(63(101-65)22-5-40(76)57(89)41(77)6-22)99-68(95)25-11-46(82)60(92)47(83)12-25)13-26-35(71)19-48-29(52(26)84)16-50(61(96-48)20-1-36(72)55(87)37(73)2-20)98-67(94)24-9-44(80)59(91)45(81)10-24/h1-3,5-12,18-19,21,49-51,61-63,69-92H,4,13-17H2/t21?,49-,50+,51-,61+,62-,63-/m1/s1. The van der Waals surface area contributed by atoms with Crippen LogP contribution in [0.15, 0.2) is 96.1 Å². The van der Waals surface area contributed by atoms with Gasteiger partial charge < -0.3 is 151 Å². The first-order chi connectivity index (χ1) is 47.7. The molecule has 8 aromatic rings. The third-order valence-electron chi connectivity index (χ3n) is 17.6. The molecular weight excluding hydrogens is 1340 g/mol. The number of ether oxygens (including phenoxy) is 6. The average Bonchev–Trinajstić information content (AvgIpc) is 0.742. The Labute approximate surface area is 563 Å². The number of fused-ring (bicyclic) bond motifs is 3. The molecule has 0 bridgehead atoms. The number of allylic oxidation sites excluding steroid dienone is 1. The lowest BCUT2D eigenvalue weighted by Gasteiger charge is -2.39. The highest BCUT2D eigenvalue weighted by Crippen LogP contribution is 2.56. The molecular formula is C68H56O33. The molecule has 33 heteroatoms. The molecule has 0 fully saturated rings. The number of rotatable bonds is 13. The molecule has 526 valence electrons. The molecule has 8 aromatic carbocycles. The lowest BCUT2D eigenvalue weighted by molar-refractivity contribution is -0.0336. The highest BCUT2D eigenvalue weighted by atomic mass is 16.6. The van der Waals surface area contributed by atoms with Gasteiger partial charge in [-0.15, -0.1) is 0 Å². The van der Waals surface area contributed by atoms with Crippen molar-refractivity contribution < 1.29 is 165 Å². The van der Waals surface area contributed by atoms with E-state index in [4.69, 9.17) is 28.4 Å². The van der Waals surface area contributed by atoms with Crippen LogP contribution in [0.2, 0.25) is 0 Å². The lowest BCUT2D eigenvalue weighted by Crippen LogP contribution is -2.46. The van der Waals surface area contributed by atoms with E-state index in [-0.39, 0.29) is 22.3 Å². The smallest absolute Gasteiger partial charge is 0.338 e. The molecule has 0 saturated heterocycles. The Balaban J connectivity index is 1.02. The number of phenols is 21. The molecule has 12 rings (SSSR count). The maximum absolute atomic E-state index is 14.1. The summed E-state index contributed by atoms with van der Waals surface area (Å²) in [5.41, 5.74) is -5.54. The quantitative estimate of drug-likeness (QED) is 0.0320. The van der Waals surface area contributed by atoms with Gasteiger partial charge in [-0.25, -0.2) is 14.4 Å². The van der Waals surface area contributed by atoms with Crippen LogP contribution in [0.25, 0.3) is 0 Å². The van der Waals surface area contributed by atoms with E-state index in [1.807, 2.05) is 0 Å². The molecule has 3 aliphatic heterocycles. The number of carbonyl (C=O) groups is 3. The van der Waals surface area contributed by atoms with Crippen LogP contribution in [0.1, 0.15) is 99.8 Å². The number of hydrogen-bond donors (Lipinski definition) is 24. The minimum Gasteiger partial charge on any atom is -0.508 e. The Morgan fingerprint density at radius 3 is 1.17 bits per heavy atom. The molecule has 1 aliphatic carbocycles. The van der Waals surface area contributed by atoms with Gasteiger partial charge in [0.15, 0.2) is 110 Å². The van der Waals surface area contributed by atoms with Gasteiger partial charge in [0.25, 0.3) is 0 Å². The highest BCUT2D eigenvalue weighted by Gasteiger charge is 2.46. The normalized spacial score (nSPS) is 19.0. The van der Waals surface area contributed by atoms with Crippen LogP contribution >= 0.6 is 0 Å². The van der Waals surface area contributed by atoms with Crippen molar-refractivity contribution in [3.8, 4) is 138 Å². The fourth-order valence-electron chi connectivity index (χ4n) is 12.5. The van der Waals surface area contributed by atoms with Gasteiger partial charge in [-0.2, -0.15) is 0 Å². The van der Waals surface area contributed by atoms with Gasteiger partial charge in [0.2, 0.25) is 0 Å². The van der Waals surface area contributed by atoms with Gasteiger partial charge in [0.1, 0.15) is 81.9 Å². The first kappa shape index (κ1) is 67.2. The van der Waals surface area contributed by atoms with Crippen LogP contribution in [0.3, 0.4) is 0 Å². The van der Waals surface area contributed by atoms with Gasteiger partial charge in [-0.3, -0.25) is 0 Å². The minimum atomic E-state index is -1.86. The highest BCUT2D eigenvalue weighted by molar-refractivity contribution is 5.93. The van der Waals surface area contributed by atoms with Crippen molar-refractivity contribution in [1.29, 1.82) is 0 Å². The third-order valence-corrected chi connectivity index (χ3v) is 17.6. The van der Waals surface area contributed by atoms with Gasteiger partial charge in [-0.1, -0.05) is 0 Å². The number of aliphatic hydroxyl groups excluding tert-OH is 3. The van der Waals surface area contributed by atoms with Gasteiger partial charge in [-0.05, 0) is 66.7 Å². The molecule has 3 heterocycles. The first-order valence-corrected chi connectivity index (χ1v) is 29.8. The summed E-state index contributed by atoms with van der Waals surface area (Å²) in [6.45, 7) is 0. The molecule has 1 unspecified atom stereocenters. The van der Waals surface area contributed by atoms with Crippen molar-refractivity contribution in [3.63, 3.8) is 0 Å². The Hall–Kier alpha value is -13.8. The van der Waals surface area contributed by atoms with E-state index in [1.165, 1.54) is 0 Å². The molecule has 24 N–H and O–H groups in total. The molecule has 33 nitrogen and oxygen atoms in total. The van der Waals surface area contributed by atoms with Crippen LogP contribution in [-0.2, 0) is 46.3 Å². The van der Waals surface area contributed by atoms with E-state index >= 15 is 0 Å². The second-order valence-electron chi connectivity index (χ2n) is 23.9. The summed E-state index contributed by atoms with van der Waals surface area (Å²) in [5, 5.41) is 261. The van der Waals surface area contributed by atoms with Crippen molar-refractivity contribution in [2.24, 2.45) is 5.92 Å². The first-order valence-electron chi connectivity index (χ1n) is 29.8. The summed E-state index contributed by atoms with van der Waals surface area (Å²) in [7, 11) is 0. The SMILES string of the molecule is O=C(O[C@H]1Cc2c(cc(O)c(Cc3c(O)c(Cc4c(O)cc(O)c5c4O[C@H](C4C=C(O)C(O)=C(O)C4)[C@H](OC(=O)c4cc(O)c(O)c(O)c4)C5)c(O)c4c3O[C@H](c3cc(O)c(O)c(O)c3)[C@H](OC(=O)c3cc(O)c(O)c(O)c3)C4)c2O)O[C@H]1c1cc(O)c(O)c(O)c1)c1cc(O)c(O)c(O)c1. The maximum Gasteiger partial charge on any atom is 0.338 e. The van der Waals surface area contributed by atoms with Crippen LogP contribution in [-0.4, -0.2) is 165 Å². The van der Waals surface area contributed by atoms with Crippen molar-refractivity contribution in [2.45, 2.75) is 75.1 Å². The number of esters is 3. The van der Waals surface area contributed by atoms with Crippen molar-refractivity contribution in [2.75, 3.05) is 0 Å². The molecule has 0 aromatic heterocycles. The molecule has 101 heavy (non-hydrogen) atoms. The maximum atomic E-state index is 14.1. The molecule has 7 atom stereocenters. The zero-order valence-corrected chi connectivity index (χ0v) is 51.2. The van der Waals surface area contributed by atoms with Crippen LogP contribution < -0.4 is 14.2 Å². The van der Waals surface area contributed by atoms with Gasteiger partial charge in [0.05, 0.1) is 16.7 Å². The second kappa shape index (κ2) is 25.0. The van der Waals surface area contributed by atoms with Crippen molar-refractivity contribution in [1.82, 2.24) is 0 Å². The molecule has 0 spiro atoms. The lowest BCUT2D eigenvalue weighted by atomic mass is 9.83. The Bertz CT molecular complexity index is 4800. The number of hydrogen-bond acceptors (Lipinski definition) is 33. The summed E-state index contributed by atoms with van der Waals surface area (Å²) >= 11 is 0. The Morgan fingerprint density at radius 2 is 0.713 bits per heavy atom. The third kappa shape index (κ3) is 12.0. The average molecular weight is 1400 g/mol. The number of benzene rings is 8. The van der Waals surface area contributed by atoms with E-state index in [1.54, 1.807) is 0 Å². The number of carbonyl (C=O) groups excluding carboxylic acids is 3. The predicted molar refractivity (Wildman–Crippen MR) is 333 cm³/mol. The minimum absolute atomic E-state index is 0.208. The summed E-state index contributed by atoms with van der Waals surface area (Å²) in [6, 6.07) is 9.44. The number of aromatic hydroxyl groups is 21. The Kier molecular flexibility index (Phi) is 16.7. The molecule has 0 amide bonds. The zero-order chi connectivity index (χ0) is 73.0. The molecule has 0 radical (unpaired) electrons. The summed E-state index contributed by atoms with van der Waals surface area (Å²) < 4.78 is 36.7. The Morgan fingerprint density at radius 1 is 0.337 bits per heavy atom. The van der Waals surface area contributed by atoms with E-state index in [2.05, 4.69) is 0 Å². The zero-order valence-electron chi connectivity index (χ0n) is 51.2. The van der Waals surface area contributed by atoms with E-state index in [9.17, 15) is 137 Å². The predicted octanol–water partition coefficient (Wildman–Crippen LogP) is 6.81. The monoisotopic (exact) mass is 1400 g/mol. The number of phenolic OH excluding ortho intramolecular Hbond substituents is 21. The summed E-state index contributed by atoms with van der Waals surface area (Å²) in [5.74, 6) is -29.6.